The molecule has 138 valence electrons. The molecule has 0 radical (unpaired) electrons. The number of carbonyl (C=O) groups is 1. The van der Waals surface area contributed by atoms with Gasteiger partial charge in [-0.1, -0.05) is 6.07 Å². The van der Waals surface area contributed by atoms with Crippen LogP contribution in [0.3, 0.4) is 0 Å². The minimum absolute atomic E-state index is 0.178. The first-order valence-corrected chi connectivity index (χ1v) is 8.19. The van der Waals surface area contributed by atoms with E-state index in [-0.39, 0.29) is 18.5 Å². The molecule has 0 spiro atoms. The maximum absolute atomic E-state index is 13.5. The van der Waals surface area contributed by atoms with E-state index in [1.54, 1.807) is 0 Å². The van der Waals surface area contributed by atoms with E-state index in [0.29, 0.717) is 25.1 Å². The highest BCUT2D eigenvalue weighted by atomic mass is 19.2. The normalized spacial score (nSPS) is 19.9. The van der Waals surface area contributed by atoms with E-state index < -0.39 is 28.8 Å². The monoisotopic (exact) mass is 364 g/mol. The Hall–Kier alpha value is -2.81. The number of aromatic amines is 1. The molecule has 9 heteroatoms. The summed E-state index contributed by atoms with van der Waals surface area (Å²) in [6.45, 7) is 0.905. The van der Waals surface area contributed by atoms with Crippen molar-refractivity contribution in [2.24, 2.45) is 0 Å². The van der Waals surface area contributed by atoms with Gasteiger partial charge in [-0.3, -0.25) is 19.1 Å². The van der Waals surface area contributed by atoms with Crippen molar-refractivity contribution in [2.45, 2.75) is 24.9 Å². The predicted octanol–water partition coefficient (Wildman–Crippen LogP) is 0.0767. The molecule has 26 heavy (non-hydrogen) atoms. The van der Waals surface area contributed by atoms with Gasteiger partial charge >= 0.3 is 5.69 Å². The first-order chi connectivity index (χ1) is 12.4. The number of nitrogens with zero attached hydrogens (tertiary/aromatic N) is 1. The van der Waals surface area contributed by atoms with Crippen molar-refractivity contribution in [1.29, 1.82) is 0 Å². The highest BCUT2D eigenvalue weighted by molar-refractivity contribution is 5.76. The van der Waals surface area contributed by atoms with Crippen molar-refractivity contribution >= 4 is 5.91 Å². The zero-order valence-electron chi connectivity index (χ0n) is 13.8. The summed E-state index contributed by atoms with van der Waals surface area (Å²) < 4.78 is 27.8. The van der Waals surface area contributed by atoms with Crippen molar-refractivity contribution in [1.82, 2.24) is 20.2 Å². The van der Waals surface area contributed by atoms with Gasteiger partial charge in [-0.05, 0) is 30.7 Å². The Balaban J connectivity index is 1.73. The maximum Gasteiger partial charge on any atom is 0.328 e. The highest BCUT2D eigenvalue weighted by Crippen LogP contribution is 2.27. The predicted molar refractivity (Wildman–Crippen MR) is 89.8 cm³/mol. The number of hydrogen-bond acceptors (Lipinski definition) is 4. The second-order valence-corrected chi connectivity index (χ2v) is 6.18. The Morgan fingerprint density at radius 3 is 2.77 bits per heavy atom. The molecule has 1 aliphatic heterocycles. The van der Waals surface area contributed by atoms with Crippen LogP contribution in [-0.2, 0) is 11.3 Å². The van der Waals surface area contributed by atoms with Gasteiger partial charge in [0.05, 0.1) is 0 Å². The number of halogens is 2. The average Bonchev–Trinajstić information content (AvgIpc) is 2.60. The quantitative estimate of drug-likeness (QED) is 0.716. The van der Waals surface area contributed by atoms with Crippen LogP contribution in [0.4, 0.5) is 8.78 Å². The van der Waals surface area contributed by atoms with Crippen LogP contribution in [0, 0.1) is 11.6 Å². The van der Waals surface area contributed by atoms with Crippen LogP contribution < -0.4 is 21.9 Å². The highest BCUT2D eigenvalue weighted by Gasteiger charge is 2.28. The molecule has 3 N–H and O–H groups in total. The Morgan fingerprint density at radius 1 is 1.23 bits per heavy atom. The van der Waals surface area contributed by atoms with Crippen LogP contribution in [0.2, 0.25) is 0 Å². The number of aromatic nitrogens is 2. The van der Waals surface area contributed by atoms with Crippen LogP contribution in [0.1, 0.15) is 17.9 Å². The number of benzene rings is 1. The molecule has 2 heterocycles. The van der Waals surface area contributed by atoms with Crippen molar-refractivity contribution in [2.75, 3.05) is 13.1 Å². The van der Waals surface area contributed by atoms with Gasteiger partial charge in [-0.15, -0.1) is 0 Å². The third kappa shape index (κ3) is 4.05. The second kappa shape index (κ2) is 7.61. The van der Waals surface area contributed by atoms with Gasteiger partial charge in [0.25, 0.3) is 5.56 Å². The molecular formula is C17H18F2N4O3. The van der Waals surface area contributed by atoms with Crippen molar-refractivity contribution in [3.05, 3.63) is 68.5 Å². The number of carbonyl (C=O) groups excluding carboxylic acids is 1. The Morgan fingerprint density at radius 2 is 2.04 bits per heavy atom. The van der Waals surface area contributed by atoms with E-state index in [4.69, 9.17) is 0 Å². The summed E-state index contributed by atoms with van der Waals surface area (Å²) in [6, 6.07) is 4.56. The van der Waals surface area contributed by atoms with Crippen LogP contribution in [0.15, 0.2) is 40.1 Å². The molecule has 1 saturated heterocycles. The topological polar surface area (TPSA) is 96.0 Å². The third-order valence-corrected chi connectivity index (χ3v) is 4.41. The zero-order chi connectivity index (χ0) is 18.7. The van der Waals surface area contributed by atoms with Crippen LogP contribution in [0.5, 0.6) is 0 Å². The second-order valence-electron chi connectivity index (χ2n) is 6.18. The zero-order valence-corrected chi connectivity index (χ0v) is 13.8. The summed E-state index contributed by atoms with van der Waals surface area (Å²) in [6.07, 6.45) is 1.89. The summed E-state index contributed by atoms with van der Waals surface area (Å²) in [4.78, 5) is 37.1. The first-order valence-electron chi connectivity index (χ1n) is 8.19. The number of hydrogen-bond donors (Lipinski definition) is 3. The molecule has 0 bridgehead atoms. The van der Waals surface area contributed by atoms with Gasteiger partial charge in [0.15, 0.2) is 11.6 Å². The van der Waals surface area contributed by atoms with E-state index in [1.165, 1.54) is 12.3 Å². The maximum atomic E-state index is 13.5. The van der Waals surface area contributed by atoms with E-state index in [0.717, 1.165) is 22.8 Å². The van der Waals surface area contributed by atoms with E-state index in [1.807, 2.05) is 0 Å². The molecule has 3 rings (SSSR count). The fraction of sp³-hybridized carbons (Fsp3) is 0.353. The van der Waals surface area contributed by atoms with Gasteiger partial charge in [0, 0.05) is 30.8 Å². The van der Waals surface area contributed by atoms with E-state index >= 15 is 0 Å². The Labute approximate surface area is 147 Å². The van der Waals surface area contributed by atoms with Gasteiger partial charge in [0.1, 0.15) is 6.54 Å². The first kappa shape index (κ1) is 18.0. The lowest BCUT2D eigenvalue weighted by Crippen LogP contribution is -2.51. The Bertz CT molecular complexity index is 925. The SMILES string of the molecule is O=C(Cn1ccc(=O)[nH]c1=O)NC1CNCCC1c1ccc(F)c(F)c1. The molecule has 0 aliphatic carbocycles. The lowest BCUT2D eigenvalue weighted by atomic mass is 9.86. The summed E-state index contributed by atoms with van der Waals surface area (Å²) in [7, 11) is 0. The Kier molecular flexibility index (Phi) is 5.27. The van der Waals surface area contributed by atoms with Crippen LogP contribution >= 0.6 is 0 Å². The minimum Gasteiger partial charge on any atom is -0.350 e. The summed E-state index contributed by atoms with van der Waals surface area (Å²) in [5.74, 6) is -2.44. The molecule has 1 aromatic carbocycles. The molecule has 0 saturated carbocycles. The summed E-state index contributed by atoms with van der Waals surface area (Å²) in [5, 5.41) is 5.97. The number of nitrogens with one attached hydrogen (secondary N) is 3. The smallest absolute Gasteiger partial charge is 0.328 e. The summed E-state index contributed by atoms with van der Waals surface area (Å²) in [5.41, 5.74) is -0.606. The summed E-state index contributed by atoms with van der Waals surface area (Å²) >= 11 is 0. The molecule has 7 nitrogen and oxygen atoms in total. The fourth-order valence-electron chi connectivity index (χ4n) is 3.13. The lowest BCUT2D eigenvalue weighted by Gasteiger charge is -2.33. The molecule has 1 amide bonds. The van der Waals surface area contributed by atoms with Gasteiger partial charge in [0.2, 0.25) is 5.91 Å². The van der Waals surface area contributed by atoms with Crippen LogP contribution in [0.25, 0.3) is 0 Å². The van der Waals surface area contributed by atoms with E-state index in [2.05, 4.69) is 15.6 Å². The van der Waals surface area contributed by atoms with Gasteiger partial charge in [-0.2, -0.15) is 0 Å². The molecule has 2 aromatic rings. The van der Waals surface area contributed by atoms with Gasteiger partial charge < -0.3 is 10.6 Å². The standard InChI is InChI=1S/C17H18F2N4O3/c18-12-2-1-10(7-13(12)19)11-3-5-20-8-14(11)21-16(25)9-23-6-4-15(24)22-17(23)26/h1-2,4,6-7,11,14,20H,3,5,8-9H2,(H,21,25)(H,22,24,26). The van der Waals surface area contributed by atoms with Crippen molar-refractivity contribution < 1.29 is 13.6 Å². The van der Waals surface area contributed by atoms with E-state index in [9.17, 15) is 23.2 Å². The third-order valence-electron chi connectivity index (χ3n) is 4.41. The largest absolute Gasteiger partial charge is 0.350 e. The molecule has 1 aromatic heterocycles. The van der Waals surface area contributed by atoms with Crippen molar-refractivity contribution in [3.63, 3.8) is 0 Å². The fourth-order valence-corrected chi connectivity index (χ4v) is 3.13. The molecular weight excluding hydrogens is 346 g/mol. The number of H-pyrrole nitrogens is 1. The number of piperidine rings is 1. The lowest BCUT2D eigenvalue weighted by molar-refractivity contribution is -0.122. The molecule has 2 unspecified atom stereocenters. The number of rotatable bonds is 4. The molecule has 1 fully saturated rings. The minimum atomic E-state index is -0.925. The molecule has 2 atom stereocenters. The van der Waals surface area contributed by atoms with Crippen LogP contribution in [-0.4, -0.2) is 34.6 Å². The average molecular weight is 364 g/mol. The molecule has 1 aliphatic rings. The van der Waals surface area contributed by atoms with Gasteiger partial charge in [-0.25, -0.2) is 13.6 Å². The van der Waals surface area contributed by atoms with Crippen molar-refractivity contribution in [3.8, 4) is 0 Å². The number of amides is 1.